The Hall–Kier alpha value is -3.07. The zero-order valence-electron chi connectivity index (χ0n) is 20.0. The second kappa shape index (κ2) is 8.86. The first-order chi connectivity index (χ1) is 16.9. The Morgan fingerprint density at radius 3 is 2.80 bits per heavy atom. The number of nitrogens with zero attached hydrogens (tertiary/aromatic N) is 5. The summed E-state index contributed by atoms with van der Waals surface area (Å²) in [5.41, 5.74) is 4.40. The van der Waals surface area contributed by atoms with Gasteiger partial charge in [0.2, 0.25) is 5.95 Å². The van der Waals surface area contributed by atoms with E-state index in [4.69, 9.17) is 21.6 Å². The van der Waals surface area contributed by atoms with Crippen molar-refractivity contribution in [3.05, 3.63) is 64.6 Å². The number of pyridine rings is 1. The number of benzene rings is 1. The van der Waals surface area contributed by atoms with Crippen molar-refractivity contribution in [2.45, 2.75) is 44.4 Å². The fourth-order valence-electron chi connectivity index (χ4n) is 5.44. The molecular formula is C26H30ClN7O. The Kier molecular flexibility index (Phi) is 5.67. The van der Waals surface area contributed by atoms with Gasteiger partial charge in [0.25, 0.3) is 0 Å². The number of aliphatic hydroxyl groups excluding tert-OH is 1. The average Bonchev–Trinajstić information content (AvgIpc) is 3.53. The fourth-order valence-corrected chi connectivity index (χ4v) is 5.67. The summed E-state index contributed by atoms with van der Waals surface area (Å²) in [6.07, 6.45) is 2.41. The molecule has 0 amide bonds. The van der Waals surface area contributed by atoms with Crippen LogP contribution in [0, 0.1) is 0 Å². The van der Waals surface area contributed by atoms with Crippen LogP contribution in [0.2, 0.25) is 5.02 Å². The summed E-state index contributed by atoms with van der Waals surface area (Å²) in [7, 11) is 4.12. The van der Waals surface area contributed by atoms with E-state index >= 15 is 0 Å². The Labute approximate surface area is 209 Å². The molecule has 4 aromatic rings. The van der Waals surface area contributed by atoms with Gasteiger partial charge in [-0.2, -0.15) is 4.98 Å². The molecule has 3 aromatic heterocycles. The van der Waals surface area contributed by atoms with E-state index in [9.17, 15) is 5.11 Å². The Balaban J connectivity index is 1.21. The van der Waals surface area contributed by atoms with Gasteiger partial charge in [-0.15, -0.1) is 0 Å². The molecule has 182 valence electrons. The fraction of sp³-hybridized carbons (Fsp3) is 0.385. The molecule has 0 saturated heterocycles. The van der Waals surface area contributed by atoms with Crippen LogP contribution in [-0.4, -0.2) is 49.3 Å². The van der Waals surface area contributed by atoms with Gasteiger partial charge in [-0.3, -0.25) is 4.90 Å². The van der Waals surface area contributed by atoms with Gasteiger partial charge in [-0.05, 0) is 49.6 Å². The number of aromatic amines is 1. The van der Waals surface area contributed by atoms with Gasteiger partial charge in [0, 0.05) is 60.4 Å². The number of nitrogens with one attached hydrogen (secondary N) is 2. The lowest BCUT2D eigenvalue weighted by Gasteiger charge is -2.33. The Morgan fingerprint density at radius 1 is 1.14 bits per heavy atom. The van der Waals surface area contributed by atoms with Gasteiger partial charge in [0.1, 0.15) is 5.82 Å². The van der Waals surface area contributed by atoms with Crippen molar-refractivity contribution in [2.24, 2.45) is 7.05 Å². The lowest BCUT2D eigenvalue weighted by atomic mass is 10.0. The van der Waals surface area contributed by atoms with Crippen LogP contribution in [0.4, 0.5) is 17.6 Å². The topological polar surface area (TPSA) is 85.2 Å². The summed E-state index contributed by atoms with van der Waals surface area (Å²) in [6, 6.07) is 14.2. The predicted octanol–water partition coefficient (Wildman–Crippen LogP) is 4.73. The molecule has 1 saturated carbocycles. The summed E-state index contributed by atoms with van der Waals surface area (Å²) in [6.45, 7) is 2.37. The smallest absolute Gasteiger partial charge is 0.210 e. The minimum atomic E-state index is -0.209. The average molecular weight is 492 g/mol. The molecule has 9 heteroatoms. The summed E-state index contributed by atoms with van der Waals surface area (Å²) >= 11 is 6.37. The molecule has 35 heavy (non-hydrogen) atoms. The highest BCUT2D eigenvalue weighted by Gasteiger charge is 2.28. The summed E-state index contributed by atoms with van der Waals surface area (Å²) in [5, 5.41) is 15.2. The minimum absolute atomic E-state index is 0.209. The van der Waals surface area contributed by atoms with Gasteiger partial charge in [-0.1, -0.05) is 23.7 Å². The van der Waals surface area contributed by atoms with E-state index in [1.165, 1.54) is 0 Å². The Morgan fingerprint density at radius 2 is 2.00 bits per heavy atom. The molecule has 0 spiro atoms. The molecule has 8 nitrogen and oxygen atoms in total. The second-order valence-corrected chi connectivity index (χ2v) is 10.2. The molecule has 2 unspecified atom stereocenters. The third-order valence-electron chi connectivity index (χ3n) is 7.23. The number of aromatic nitrogens is 4. The van der Waals surface area contributed by atoms with Crippen LogP contribution in [-0.2, 0) is 20.1 Å². The number of halogens is 1. The molecule has 0 bridgehead atoms. The third kappa shape index (κ3) is 4.26. The monoisotopic (exact) mass is 491 g/mol. The highest BCUT2D eigenvalue weighted by atomic mass is 35.5. The van der Waals surface area contributed by atoms with Crippen molar-refractivity contribution in [1.29, 1.82) is 0 Å². The first-order valence-electron chi connectivity index (χ1n) is 12.1. The van der Waals surface area contributed by atoms with Crippen LogP contribution < -0.4 is 10.2 Å². The van der Waals surface area contributed by atoms with Gasteiger partial charge >= 0.3 is 0 Å². The van der Waals surface area contributed by atoms with Crippen LogP contribution in [0.5, 0.6) is 0 Å². The maximum absolute atomic E-state index is 9.91. The number of fused-ring (bicyclic) bond motifs is 2. The number of imidazole rings is 1. The third-order valence-corrected chi connectivity index (χ3v) is 7.56. The van der Waals surface area contributed by atoms with Gasteiger partial charge in [0.05, 0.1) is 18.5 Å². The predicted molar refractivity (Wildman–Crippen MR) is 139 cm³/mol. The molecule has 2 atom stereocenters. The van der Waals surface area contributed by atoms with Crippen LogP contribution in [0.15, 0.2) is 42.5 Å². The molecule has 6 rings (SSSR count). The standard InChI is InChI=1S/C26H30ClN7O/c1-32-15-34(13-17-12-19-20(27)5-3-7-22(19)28-17)14-23-25(32)31-26(33(23)2)30-24-8-4-6-21(29-24)16-9-10-18(35)11-16/h3-8,12,16,18,28,35H,9-11,13-15H2,1-2H3,(H,29,30,31). The van der Waals surface area contributed by atoms with E-state index in [1.807, 2.05) is 31.3 Å². The van der Waals surface area contributed by atoms with Gasteiger partial charge in [0.15, 0.2) is 5.82 Å². The number of rotatable bonds is 5. The molecule has 1 aromatic carbocycles. The van der Waals surface area contributed by atoms with Crippen molar-refractivity contribution in [3.8, 4) is 0 Å². The van der Waals surface area contributed by atoms with Crippen LogP contribution in [0.25, 0.3) is 10.9 Å². The van der Waals surface area contributed by atoms with Gasteiger partial charge < -0.3 is 24.9 Å². The van der Waals surface area contributed by atoms with E-state index in [-0.39, 0.29) is 6.10 Å². The van der Waals surface area contributed by atoms with Crippen molar-refractivity contribution in [3.63, 3.8) is 0 Å². The van der Waals surface area contributed by atoms with Crippen molar-refractivity contribution in [1.82, 2.24) is 24.4 Å². The number of hydrogen-bond donors (Lipinski definition) is 3. The molecular weight excluding hydrogens is 462 g/mol. The minimum Gasteiger partial charge on any atom is -0.393 e. The van der Waals surface area contributed by atoms with E-state index < -0.39 is 0 Å². The SMILES string of the molecule is CN1CN(Cc2cc3c(Cl)cccc3[nH]2)Cc2c1nc(Nc1cccc(C3CCC(O)C3)n1)n2C. The number of anilines is 3. The molecule has 1 fully saturated rings. The largest absolute Gasteiger partial charge is 0.393 e. The normalized spacial score (nSPS) is 20.5. The van der Waals surface area contributed by atoms with Crippen LogP contribution in [0.3, 0.4) is 0 Å². The summed E-state index contributed by atoms with van der Waals surface area (Å²) in [4.78, 5) is 17.8. The zero-order valence-corrected chi connectivity index (χ0v) is 20.8. The summed E-state index contributed by atoms with van der Waals surface area (Å²) in [5.74, 6) is 2.86. The molecule has 3 N–H and O–H groups in total. The lowest BCUT2D eigenvalue weighted by molar-refractivity contribution is 0.181. The molecule has 1 aliphatic carbocycles. The second-order valence-electron chi connectivity index (χ2n) is 9.82. The maximum Gasteiger partial charge on any atom is 0.210 e. The number of H-pyrrole nitrogens is 1. The molecule has 1 aliphatic heterocycles. The van der Waals surface area contributed by atoms with E-state index in [2.05, 4.69) is 49.9 Å². The zero-order chi connectivity index (χ0) is 24.1. The van der Waals surface area contributed by atoms with Crippen LogP contribution >= 0.6 is 11.6 Å². The van der Waals surface area contributed by atoms with Crippen LogP contribution in [0.1, 0.15) is 42.3 Å². The maximum atomic E-state index is 9.91. The highest BCUT2D eigenvalue weighted by Crippen LogP contribution is 2.35. The summed E-state index contributed by atoms with van der Waals surface area (Å²) < 4.78 is 2.12. The number of aliphatic hydroxyl groups is 1. The van der Waals surface area contributed by atoms with Crippen molar-refractivity contribution < 1.29 is 5.11 Å². The first kappa shape index (κ1) is 22.4. The molecule has 0 radical (unpaired) electrons. The molecule has 4 heterocycles. The lowest BCUT2D eigenvalue weighted by Crippen LogP contribution is -2.40. The van der Waals surface area contributed by atoms with E-state index in [0.29, 0.717) is 5.92 Å². The highest BCUT2D eigenvalue weighted by molar-refractivity contribution is 6.35. The van der Waals surface area contributed by atoms with E-state index in [0.717, 1.165) is 89.6 Å². The van der Waals surface area contributed by atoms with Crippen molar-refractivity contribution >= 4 is 40.1 Å². The van der Waals surface area contributed by atoms with Crippen molar-refractivity contribution in [2.75, 3.05) is 23.9 Å². The quantitative estimate of drug-likeness (QED) is 0.374. The Bertz CT molecular complexity index is 1380. The van der Waals surface area contributed by atoms with E-state index in [1.54, 1.807) is 0 Å². The van der Waals surface area contributed by atoms with Gasteiger partial charge in [-0.25, -0.2) is 4.98 Å². The number of hydrogen-bond acceptors (Lipinski definition) is 6. The molecule has 2 aliphatic rings. The first-order valence-corrected chi connectivity index (χ1v) is 12.5.